The molecule has 22 heteroatoms. The van der Waals surface area contributed by atoms with Crippen LogP contribution in [0.15, 0.2) is 41.8 Å². The molecule has 2 saturated heterocycles. The van der Waals surface area contributed by atoms with Crippen molar-refractivity contribution in [3.8, 4) is 0 Å². The zero-order valence-corrected chi connectivity index (χ0v) is 25.9. The van der Waals surface area contributed by atoms with Crippen LogP contribution in [0.25, 0.3) is 20.9 Å². The van der Waals surface area contributed by atoms with E-state index < -0.39 is 71.4 Å². The maximum Gasteiger partial charge on any atom is 0.407 e. The molecule has 258 valence electrons. The van der Waals surface area contributed by atoms with Gasteiger partial charge in [0.05, 0.1) is 12.1 Å². The van der Waals surface area contributed by atoms with Gasteiger partial charge in [-0.1, -0.05) is 10.2 Å². The van der Waals surface area contributed by atoms with E-state index >= 15 is 0 Å². The fourth-order valence-electron chi connectivity index (χ4n) is 5.10. The van der Waals surface area contributed by atoms with E-state index in [1.165, 1.54) is 35.4 Å². The van der Waals surface area contributed by atoms with Gasteiger partial charge < -0.3 is 29.6 Å². The molecule has 0 aliphatic carbocycles. The molecule has 6 atom stereocenters. The third-order valence-corrected chi connectivity index (χ3v) is 7.62. The van der Waals surface area contributed by atoms with Crippen molar-refractivity contribution in [1.29, 1.82) is 0 Å². The van der Waals surface area contributed by atoms with Gasteiger partial charge in [0, 0.05) is 59.3 Å². The summed E-state index contributed by atoms with van der Waals surface area (Å²) in [5.74, 6) is 0. The number of carbonyl (C=O) groups excluding carboxylic acids is 2. The van der Waals surface area contributed by atoms with E-state index in [1.54, 1.807) is 0 Å². The predicted molar refractivity (Wildman–Crippen MR) is 163 cm³/mol. The molecule has 0 spiro atoms. The lowest BCUT2D eigenvalue weighted by molar-refractivity contribution is -0.0308. The number of aromatic nitrogens is 4. The quantitative estimate of drug-likeness (QED) is 0.100. The fraction of sp³-hybridized carbons (Fsp3) is 0.615. The molecule has 4 heterocycles. The number of aromatic amines is 2. The number of unbranched alkanes of at least 4 members (excludes halogenated alkanes) is 1. The van der Waals surface area contributed by atoms with Crippen LogP contribution in [0.1, 0.15) is 49.3 Å². The Morgan fingerprint density at radius 2 is 1.21 bits per heavy atom. The van der Waals surface area contributed by atoms with Gasteiger partial charge in [0.25, 0.3) is 11.1 Å². The highest BCUT2D eigenvalue weighted by molar-refractivity contribution is 5.67. The molecule has 0 unspecified atom stereocenters. The smallest absolute Gasteiger partial charge is 0.407 e. The average Bonchev–Trinajstić information content (AvgIpc) is 3.64. The highest BCUT2D eigenvalue weighted by Gasteiger charge is 2.38. The van der Waals surface area contributed by atoms with Gasteiger partial charge in [0.2, 0.25) is 0 Å². The number of hydrogen-bond acceptors (Lipinski definition) is 12. The second-order valence-corrected chi connectivity index (χ2v) is 11.0. The number of amides is 2. The van der Waals surface area contributed by atoms with Crippen molar-refractivity contribution in [2.24, 2.45) is 10.2 Å². The summed E-state index contributed by atoms with van der Waals surface area (Å²) in [6, 6.07) is -1.46. The zero-order valence-electron chi connectivity index (χ0n) is 25.9. The molecule has 0 aromatic carbocycles. The minimum Gasteiger partial charge on any atom is -0.447 e. The first-order valence-corrected chi connectivity index (χ1v) is 14.9. The Kier molecular flexibility index (Phi) is 12.0. The second-order valence-electron chi connectivity index (χ2n) is 11.0. The van der Waals surface area contributed by atoms with Gasteiger partial charge in [0.1, 0.15) is 37.9 Å². The van der Waals surface area contributed by atoms with Crippen LogP contribution in [-0.4, -0.2) is 81.9 Å². The van der Waals surface area contributed by atoms with Crippen LogP contribution in [0.3, 0.4) is 0 Å². The third kappa shape index (κ3) is 9.04. The van der Waals surface area contributed by atoms with Crippen LogP contribution in [0.5, 0.6) is 0 Å². The van der Waals surface area contributed by atoms with E-state index in [9.17, 15) is 28.8 Å². The minimum atomic E-state index is -0.841. The molecule has 22 nitrogen and oxygen atoms in total. The summed E-state index contributed by atoms with van der Waals surface area (Å²) in [6.07, 6.45) is -0.987. The molecule has 2 fully saturated rings. The summed E-state index contributed by atoms with van der Waals surface area (Å²) < 4.78 is 24.3. The van der Waals surface area contributed by atoms with Crippen molar-refractivity contribution < 1.29 is 28.5 Å². The van der Waals surface area contributed by atoms with Crippen LogP contribution < -0.4 is 33.1 Å². The number of hydrogen-bond donors (Lipinski definition) is 4. The standard InChI is InChI=1S/C26H34N12O10/c1-13-9-37(23(41)31-21(13)39)19-7-15(33-35-27)17(47-19)11-45-25(43)29-5-3-4-6-30-26(44)46-12-18-16(34-36-28)8-20(48-18)38-10-14(2)22(40)32-24(38)42/h9-10,15-20H,3-8,11-12H2,1-2H3,(H,29,43)(H,30,44)(H,31,39,41)(H,32,40,42)/t15-,16-,17+,18+,19+,20+/m0/s1. The average molecular weight is 675 g/mol. The molecule has 0 bridgehead atoms. The summed E-state index contributed by atoms with van der Waals surface area (Å²) in [4.78, 5) is 82.1. The number of H-pyrrole nitrogens is 2. The number of alkyl carbamates (subject to hydrolysis) is 2. The van der Waals surface area contributed by atoms with Crippen LogP contribution in [0, 0.1) is 13.8 Å². The van der Waals surface area contributed by atoms with Crippen LogP contribution in [0.2, 0.25) is 0 Å². The van der Waals surface area contributed by atoms with Crippen LogP contribution in [-0.2, 0) is 18.9 Å². The summed E-state index contributed by atoms with van der Waals surface area (Å²) in [7, 11) is 0. The number of aryl methyl sites for hydroxylation is 2. The van der Waals surface area contributed by atoms with Gasteiger partial charge in [-0.2, -0.15) is 0 Å². The molecule has 2 aliphatic rings. The Morgan fingerprint density at radius 1 is 0.812 bits per heavy atom. The van der Waals surface area contributed by atoms with Crippen LogP contribution >= 0.6 is 0 Å². The summed E-state index contributed by atoms with van der Waals surface area (Å²) in [6.45, 7) is 2.96. The maximum absolute atomic E-state index is 12.2. The SMILES string of the molecule is Cc1cn([C@H]2C[C@H](N=[N+]=[N-])[C@@H](COC(=O)NCCCCNC(=O)OC[C@H]3O[C@@H](n4cc(C)c(=O)[nH]c4=O)C[C@@H]3N=[N+]=[N-])O2)c(=O)[nH]c1=O. The van der Waals surface area contributed by atoms with E-state index in [4.69, 9.17) is 30.0 Å². The van der Waals surface area contributed by atoms with Gasteiger partial charge in [-0.3, -0.25) is 28.7 Å². The number of carbonyl (C=O) groups is 2. The maximum atomic E-state index is 12.2. The molecule has 4 N–H and O–H groups in total. The van der Waals surface area contributed by atoms with Gasteiger partial charge in [-0.15, -0.1) is 0 Å². The number of rotatable bonds is 13. The van der Waals surface area contributed by atoms with Gasteiger partial charge in [-0.25, -0.2) is 19.2 Å². The molecular formula is C26H34N12O10. The lowest BCUT2D eigenvalue weighted by Crippen LogP contribution is -2.34. The number of azide groups is 2. The molecule has 0 radical (unpaired) electrons. The highest BCUT2D eigenvalue weighted by Crippen LogP contribution is 2.31. The monoisotopic (exact) mass is 674 g/mol. The number of ether oxygens (including phenoxy) is 4. The van der Waals surface area contributed by atoms with E-state index in [-0.39, 0.29) is 50.3 Å². The topological polar surface area (TPSA) is 302 Å². The Morgan fingerprint density at radius 3 is 1.58 bits per heavy atom. The van der Waals surface area contributed by atoms with Gasteiger partial charge >= 0.3 is 23.6 Å². The molecule has 2 aliphatic heterocycles. The summed E-state index contributed by atoms with van der Waals surface area (Å²) in [5, 5.41) is 12.5. The molecule has 2 aromatic heterocycles. The van der Waals surface area contributed by atoms with E-state index in [2.05, 4.69) is 40.7 Å². The predicted octanol–water partition coefficient (Wildman–Crippen LogP) is 0.869. The van der Waals surface area contributed by atoms with Crippen LogP contribution in [0.4, 0.5) is 9.59 Å². The lowest BCUT2D eigenvalue weighted by Gasteiger charge is -2.17. The van der Waals surface area contributed by atoms with Crippen molar-refractivity contribution in [2.45, 2.75) is 76.3 Å². The molecule has 2 aromatic rings. The van der Waals surface area contributed by atoms with Crippen molar-refractivity contribution >= 4 is 12.2 Å². The lowest BCUT2D eigenvalue weighted by atomic mass is 10.1. The second kappa shape index (κ2) is 16.3. The number of nitrogens with one attached hydrogen (secondary N) is 4. The van der Waals surface area contributed by atoms with E-state index in [1.807, 2.05) is 0 Å². The normalized spacial score (nSPS) is 23.0. The zero-order chi connectivity index (χ0) is 34.8. The van der Waals surface area contributed by atoms with Crippen molar-refractivity contribution in [3.63, 3.8) is 0 Å². The molecule has 48 heavy (non-hydrogen) atoms. The van der Waals surface area contributed by atoms with Crippen molar-refractivity contribution in [2.75, 3.05) is 26.3 Å². The van der Waals surface area contributed by atoms with E-state index in [0.29, 0.717) is 12.8 Å². The van der Waals surface area contributed by atoms with Crippen molar-refractivity contribution in [3.05, 3.63) is 86.1 Å². The Hall–Kier alpha value is -5.56. The molecule has 4 rings (SSSR count). The highest BCUT2D eigenvalue weighted by atomic mass is 16.6. The Labute approximate surface area is 269 Å². The Balaban J connectivity index is 1.13. The minimum absolute atomic E-state index is 0.126. The Bertz CT molecular complexity index is 1690. The summed E-state index contributed by atoms with van der Waals surface area (Å²) >= 11 is 0. The first-order chi connectivity index (χ1) is 23.0. The van der Waals surface area contributed by atoms with Gasteiger partial charge in [-0.05, 0) is 37.8 Å². The third-order valence-electron chi connectivity index (χ3n) is 7.62. The molecule has 2 amide bonds. The summed E-state index contributed by atoms with van der Waals surface area (Å²) in [5.41, 5.74) is 16.0. The molecule has 0 saturated carbocycles. The first-order valence-electron chi connectivity index (χ1n) is 14.9. The number of nitrogens with zero attached hydrogens (tertiary/aromatic N) is 8. The van der Waals surface area contributed by atoms with Gasteiger partial charge in [0.15, 0.2) is 0 Å². The molecular weight excluding hydrogens is 640 g/mol. The fourth-order valence-corrected chi connectivity index (χ4v) is 5.10. The van der Waals surface area contributed by atoms with Crippen molar-refractivity contribution in [1.82, 2.24) is 29.7 Å². The van der Waals surface area contributed by atoms with E-state index in [0.717, 1.165) is 0 Å². The largest absolute Gasteiger partial charge is 0.447 e. The first kappa shape index (κ1) is 35.3.